The summed E-state index contributed by atoms with van der Waals surface area (Å²) in [5.41, 5.74) is 8.37. The molecule has 3 N–H and O–H groups in total. The Balaban J connectivity index is 1.58. The predicted molar refractivity (Wildman–Crippen MR) is 115 cm³/mol. The fraction of sp³-hybridized carbons (Fsp3) is 0.200. The van der Waals surface area contributed by atoms with Crippen LogP contribution in [0.15, 0.2) is 66.7 Å². The van der Waals surface area contributed by atoms with Crippen molar-refractivity contribution < 1.29 is 19.1 Å². The minimum Gasteiger partial charge on any atom is -0.478 e. The lowest BCUT2D eigenvalue weighted by molar-refractivity contribution is -0.120. The summed E-state index contributed by atoms with van der Waals surface area (Å²) < 4.78 is 14.3. The first-order chi connectivity index (χ1) is 14.8. The average Bonchev–Trinajstić information content (AvgIpc) is 3.33. The number of nitrogens with two attached hydrogens (primary N) is 1. The second-order valence-corrected chi connectivity index (χ2v) is 8.59. The SMILES string of the molecule is C[C@@]1(c2ccc(N)cc2)C[C@]12C(=O)N(Cc1cccc(C(=O)O)c1)c1ccc(F)cc12. The van der Waals surface area contributed by atoms with E-state index in [1.165, 1.54) is 18.2 Å². The molecule has 156 valence electrons. The highest BCUT2D eigenvalue weighted by molar-refractivity contribution is 6.12. The fourth-order valence-corrected chi connectivity index (χ4v) is 5.07. The van der Waals surface area contributed by atoms with Crippen LogP contribution in [-0.2, 0) is 22.2 Å². The van der Waals surface area contributed by atoms with Crippen LogP contribution in [0.5, 0.6) is 0 Å². The monoisotopic (exact) mass is 416 g/mol. The van der Waals surface area contributed by atoms with Crippen molar-refractivity contribution in [1.29, 1.82) is 0 Å². The van der Waals surface area contributed by atoms with Crippen LogP contribution in [0.1, 0.15) is 40.4 Å². The van der Waals surface area contributed by atoms with Gasteiger partial charge >= 0.3 is 5.97 Å². The van der Waals surface area contributed by atoms with Crippen LogP contribution in [0.4, 0.5) is 15.8 Å². The van der Waals surface area contributed by atoms with Crippen molar-refractivity contribution in [3.8, 4) is 0 Å². The number of amides is 1. The first-order valence-corrected chi connectivity index (χ1v) is 10.1. The first-order valence-electron chi connectivity index (χ1n) is 10.1. The molecule has 1 amide bonds. The second kappa shape index (κ2) is 6.41. The third-order valence-electron chi connectivity index (χ3n) is 6.82. The molecule has 1 aliphatic carbocycles. The molecule has 1 spiro atoms. The highest BCUT2D eigenvalue weighted by Gasteiger charge is 2.74. The third-order valence-corrected chi connectivity index (χ3v) is 6.82. The number of hydrogen-bond acceptors (Lipinski definition) is 3. The van der Waals surface area contributed by atoms with E-state index in [9.17, 15) is 19.1 Å². The molecular formula is C25H21FN2O3. The number of fused-ring (bicyclic) bond motifs is 2. The molecule has 0 aromatic heterocycles. The Hall–Kier alpha value is -3.67. The zero-order chi connectivity index (χ0) is 22.0. The Morgan fingerprint density at radius 2 is 1.87 bits per heavy atom. The molecule has 3 aromatic carbocycles. The van der Waals surface area contributed by atoms with E-state index in [0.717, 1.165) is 5.56 Å². The zero-order valence-corrected chi connectivity index (χ0v) is 16.9. The van der Waals surface area contributed by atoms with E-state index in [-0.39, 0.29) is 23.8 Å². The van der Waals surface area contributed by atoms with Crippen LogP contribution in [0.25, 0.3) is 0 Å². The molecule has 0 saturated heterocycles. The number of carboxylic acid groups (broad SMARTS) is 1. The molecule has 1 saturated carbocycles. The Morgan fingerprint density at radius 1 is 1.13 bits per heavy atom. The molecule has 1 heterocycles. The van der Waals surface area contributed by atoms with Crippen LogP contribution in [0, 0.1) is 5.82 Å². The van der Waals surface area contributed by atoms with E-state index >= 15 is 0 Å². The lowest BCUT2D eigenvalue weighted by Crippen LogP contribution is -2.35. The van der Waals surface area contributed by atoms with Gasteiger partial charge in [-0.15, -0.1) is 0 Å². The topological polar surface area (TPSA) is 83.6 Å². The van der Waals surface area contributed by atoms with Gasteiger partial charge in [-0.25, -0.2) is 9.18 Å². The fourth-order valence-electron chi connectivity index (χ4n) is 5.07. The number of nitrogens with zero attached hydrogens (tertiary/aromatic N) is 1. The van der Waals surface area contributed by atoms with Crippen LogP contribution >= 0.6 is 0 Å². The Bertz CT molecular complexity index is 1240. The third kappa shape index (κ3) is 2.68. The molecule has 6 heteroatoms. The quantitative estimate of drug-likeness (QED) is 0.623. The molecule has 5 nitrogen and oxygen atoms in total. The number of aromatic carboxylic acids is 1. The maximum atomic E-state index is 14.3. The van der Waals surface area contributed by atoms with Crippen LogP contribution in [0.3, 0.4) is 0 Å². The van der Waals surface area contributed by atoms with Gasteiger partial charge in [0.2, 0.25) is 5.91 Å². The number of carbonyl (C=O) groups is 2. The number of benzene rings is 3. The van der Waals surface area contributed by atoms with Crippen molar-refractivity contribution >= 4 is 23.3 Å². The number of carbonyl (C=O) groups excluding carboxylic acids is 1. The maximum Gasteiger partial charge on any atom is 0.335 e. The Morgan fingerprint density at radius 3 is 2.58 bits per heavy atom. The molecule has 5 rings (SSSR count). The molecule has 1 fully saturated rings. The van der Waals surface area contributed by atoms with Crippen LogP contribution < -0.4 is 10.6 Å². The van der Waals surface area contributed by atoms with E-state index in [2.05, 4.69) is 0 Å². The van der Waals surface area contributed by atoms with Crippen LogP contribution in [0.2, 0.25) is 0 Å². The summed E-state index contributed by atoms with van der Waals surface area (Å²) in [5.74, 6) is -1.49. The molecule has 0 bridgehead atoms. The van der Waals surface area contributed by atoms with Crippen molar-refractivity contribution in [1.82, 2.24) is 0 Å². The highest BCUT2D eigenvalue weighted by Crippen LogP contribution is 2.70. The van der Waals surface area contributed by atoms with E-state index in [1.807, 2.05) is 31.2 Å². The van der Waals surface area contributed by atoms with Crippen molar-refractivity contribution in [2.45, 2.75) is 30.7 Å². The first kappa shape index (κ1) is 19.3. The minimum atomic E-state index is -1.02. The predicted octanol–water partition coefficient (Wildman–Crippen LogP) is 4.25. The number of nitrogen functional groups attached to an aromatic ring is 1. The van der Waals surface area contributed by atoms with Gasteiger partial charge in [0.1, 0.15) is 5.82 Å². The van der Waals surface area contributed by atoms with Gasteiger partial charge in [0.05, 0.1) is 17.5 Å². The minimum absolute atomic E-state index is 0.0897. The second-order valence-electron chi connectivity index (χ2n) is 8.59. The van der Waals surface area contributed by atoms with Crippen molar-refractivity contribution in [3.63, 3.8) is 0 Å². The van der Waals surface area contributed by atoms with Crippen LogP contribution in [-0.4, -0.2) is 17.0 Å². The number of carboxylic acids is 1. The number of rotatable bonds is 4. The largest absolute Gasteiger partial charge is 0.478 e. The molecule has 31 heavy (non-hydrogen) atoms. The van der Waals surface area contributed by atoms with E-state index in [4.69, 9.17) is 5.73 Å². The highest BCUT2D eigenvalue weighted by atomic mass is 19.1. The Kier molecular flexibility index (Phi) is 3.99. The van der Waals surface area contributed by atoms with Crippen molar-refractivity contribution in [3.05, 3.63) is 94.8 Å². The lowest BCUT2D eigenvalue weighted by atomic mass is 9.83. The standard InChI is InChI=1S/C25H21FN2O3/c1-24(17-5-8-19(27)9-6-17)14-25(24)20-12-18(26)7-10-21(20)28(23(25)31)13-15-3-2-4-16(11-15)22(29)30/h2-12H,13-14,27H2,1H3,(H,29,30)/t24-,25-/m0/s1. The van der Waals surface area contributed by atoms with E-state index in [1.54, 1.807) is 29.2 Å². The van der Waals surface area contributed by atoms with E-state index < -0.39 is 16.8 Å². The average molecular weight is 416 g/mol. The molecular weight excluding hydrogens is 395 g/mol. The summed E-state index contributed by atoms with van der Waals surface area (Å²) in [5, 5.41) is 9.29. The van der Waals surface area contributed by atoms with Gasteiger partial charge in [-0.05, 0) is 65.6 Å². The normalized spacial score (nSPS) is 23.8. The molecule has 1 aliphatic heterocycles. The van der Waals surface area contributed by atoms with Crippen molar-refractivity contribution in [2.75, 3.05) is 10.6 Å². The van der Waals surface area contributed by atoms with Gasteiger partial charge in [0, 0.05) is 16.8 Å². The molecule has 2 aliphatic rings. The number of halogens is 1. The van der Waals surface area contributed by atoms with Crippen molar-refractivity contribution in [2.24, 2.45) is 0 Å². The summed E-state index contributed by atoms with van der Waals surface area (Å²) in [4.78, 5) is 26.8. The molecule has 0 radical (unpaired) electrons. The zero-order valence-electron chi connectivity index (χ0n) is 16.9. The summed E-state index contributed by atoms with van der Waals surface area (Å²) >= 11 is 0. The van der Waals surface area contributed by atoms with Gasteiger partial charge < -0.3 is 15.7 Å². The van der Waals surface area contributed by atoms with E-state index in [0.29, 0.717) is 28.9 Å². The molecule has 0 unspecified atom stereocenters. The molecule has 2 atom stereocenters. The van der Waals surface area contributed by atoms with Gasteiger partial charge in [-0.1, -0.05) is 31.2 Å². The number of anilines is 2. The van der Waals surface area contributed by atoms with Gasteiger partial charge in [0.15, 0.2) is 0 Å². The van der Waals surface area contributed by atoms with Gasteiger partial charge in [-0.3, -0.25) is 4.79 Å². The van der Waals surface area contributed by atoms with Gasteiger partial charge in [0.25, 0.3) is 0 Å². The lowest BCUT2D eigenvalue weighted by Gasteiger charge is -2.21. The maximum absolute atomic E-state index is 14.3. The molecule has 3 aromatic rings. The summed E-state index contributed by atoms with van der Waals surface area (Å²) in [7, 11) is 0. The Labute approximate surface area is 178 Å². The summed E-state index contributed by atoms with van der Waals surface area (Å²) in [6.07, 6.45) is 0.574. The number of hydrogen-bond donors (Lipinski definition) is 2. The smallest absolute Gasteiger partial charge is 0.335 e. The van der Waals surface area contributed by atoms with Gasteiger partial charge in [-0.2, -0.15) is 0 Å². The summed E-state index contributed by atoms with van der Waals surface area (Å²) in [6, 6.07) is 18.5. The summed E-state index contributed by atoms with van der Waals surface area (Å²) in [6.45, 7) is 2.25.